The first-order chi connectivity index (χ1) is 9.35. The number of urea groups is 1. The average Bonchev–Trinajstić information content (AvgIpc) is 3.08. The Morgan fingerprint density at radius 1 is 1.30 bits per heavy atom. The van der Waals surface area contributed by atoms with Crippen molar-refractivity contribution in [2.24, 2.45) is 0 Å². The van der Waals surface area contributed by atoms with E-state index in [1.54, 1.807) is 0 Å². The van der Waals surface area contributed by atoms with E-state index in [1.165, 1.54) is 12.8 Å². The lowest BCUT2D eigenvalue weighted by Gasteiger charge is -2.27. The summed E-state index contributed by atoms with van der Waals surface area (Å²) in [5, 5.41) is 14.6. The highest BCUT2D eigenvalue weighted by atomic mass is 16.4. The zero-order valence-electron chi connectivity index (χ0n) is 12.3. The van der Waals surface area contributed by atoms with Crippen LogP contribution in [0.5, 0.6) is 0 Å². The molecule has 0 radical (unpaired) electrons. The molecule has 2 rings (SSSR count). The van der Waals surface area contributed by atoms with Crippen LogP contribution in [-0.4, -0.2) is 52.7 Å². The summed E-state index contributed by atoms with van der Waals surface area (Å²) in [5.41, 5.74) is -0.503. The number of rotatable bonds is 6. The van der Waals surface area contributed by atoms with E-state index in [-0.39, 0.29) is 18.5 Å². The molecule has 6 heteroatoms. The number of carbonyl (C=O) groups excluding carboxylic acids is 1. The van der Waals surface area contributed by atoms with Crippen molar-refractivity contribution in [3.63, 3.8) is 0 Å². The summed E-state index contributed by atoms with van der Waals surface area (Å²) in [6.45, 7) is 5.70. The lowest BCUT2D eigenvalue weighted by Crippen LogP contribution is -2.51. The molecule has 0 bridgehead atoms. The van der Waals surface area contributed by atoms with E-state index < -0.39 is 11.5 Å². The number of aliphatic carboxylic acids is 1. The fraction of sp³-hybridized carbons (Fsp3) is 0.857. The van der Waals surface area contributed by atoms with E-state index >= 15 is 0 Å². The summed E-state index contributed by atoms with van der Waals surface area (Å²) in [6.07, 6.45) is 4.07. The van der Waals surface area contributed by atoms with Gasteiger partial charge in [-0.15, -0.1) is 0 Å². The predicted octanol–water partition coefficient (Wildman–Crippen LogP) is 1.17. The maximum absolute atomic E-state index is 12.0. The molecule has 114 valence electrons. The number of likely N-dealkylation sites (tertiary alicyclic amines) is 1. The molecular weight excluding hydrogens is 258 g/mol. The first kappa shape index (κ1) is 15.1. The topological polar surface area (TPSA) is 81.7 Å². The number of hydrogen-bond acceptors (Lipinski definition) is 3. The third-order valence-electron chi connectivity index (χ3n) is 4.03. The molecule has 0 aromatic carbocycles. The highest BCUT2D eigenvalue weighted by molar-refractivity contribution is 5.75. The van der Waals surface area contributed by atoms with Gasteiger partial charge in [0.15, 0.2) is 0 Å². The fourth-order valence-electron chi connectivity index (χ4n) is 2.69. The molecule has 1 atom stereocenters. The van der Waals surface area contributed by atoms with E-state index in [2.05, 4.69) is 15.5 Å². The van der Waals surface area contributed by atoms with Gasteiger partial charge in [0.05, 0.1) is 0 Å². The number of nitrogens with zero attached hydrogens (tertiary/aromatic N) is 1. The van der Waals surface area contributed by atoms with Crippen LogP contribution >= 0.6 is 0 Å². The SMILES string of the molecule is CC(C)(CCC(=O)O)NC(=O)NC1CCN(C2CC2)C1. The van der Waals surface area contributed by atoms with Gasteiger partial charge in [-0.1, -0.05) is 0 Å². The Balaban J connectivity index is 1.70. The summed E-state index contributed by atoms with van der Waals surface area (Å²) in [7, 11) is 0. The molecule has 1 heterocycles. The normalized spacial score (nSPS) is 23.6. The van der Waals surface area contributed by atoms with E-state index in [1.807, 2.05) is 13.8 Å². The highest BCUT2D eigenvalue weighted by Gasteiger charge is 2.35. The molecule has 3 N–H and O–H groups in total. The molecule has 1 saturated carbocycles. The standard InChI is InChI=1S/C14H25N3O3/c1-14(2,7-5-12(18)19)16-13(20)15-10-6-8-17(9-10)11-3-4-11/h10-11H,3-9H2,1-2H3,(H,18,19)(H2,15,16,20). The van der Waals surface area contributed by atoms with Crippen molar-refractivity contribution in [3.8, 4) is 0 Å². The summed E-state index contributed by atoms with van der Waals surface area (Å²) in [4.78, 5) is 25.0. The predicted molar refractivity (Wildman–Crippen MR) is 75.6 cm³/mol. The van der Waals surface area contributed by atoms with Gasteiger partial charge in [0, 0.05) is 37.1 Å². The number of hydrogen-bond donors (Lipinski definition) is 3. The fourth-order valence-corrected chi connectivity index (χ4v) is 2.69. The molecule has 0 aromatic heterocycles. The third-order valence-corrected chi connectivity index (χ3v) is 4.03. The van der Waals surface area contributed by atoms with Crippen molar-refractivity contribution in [2.75, 3.05) is 13.1 Å². The summed E-state index contributed by atoms with van der Waals surface area (Å²) < 4.78 is 0. The second kappa shape index (κ2) is 5.99. The first-order valence-electron chi connectivity index (χ1n) is 7.40. The Morgan fingerprint density at radius 2 is 2.00 bits per heavy atom. The van der Waals surface area contributed by atoms with Crippen molar-refractivity contribution >= 4 is 12.0 Å². The molecule has 20 heavy (non-hydrogen) atoms. The van der Waals surface area contributed by atoms with Gasteiger partial charge in [0.25, 0.3) is 0 Å². The molecular formula is C14H25N3O3. The molecule has 6 nitrogen and oxygen atoms in total. The van der Waals surface area contributed by atoms with Gasteiger partial charge in [-0.05, 0) is 39.5 Å². The molecule has 0 aromatic rings. The average molecular weight is 283 g/mol. The van der Waals surface area contributed by atoms with Crippen LogP contribution in [0.2, 0.25) is 0 Å². The molecule has 1 aliphatic carbocycles. The first-order valence-corrected chi connectivity index (χ1v) is 7.40. The molecule has 1 saturated heterocycles. The maximum atomic E-state index is 12.0. The van der Waals surface area contributed by atoms with Gasteiger partial charge >= 0.3 is 12.0 Å². The zero-order valence-corrected chi connectivity index (χ0v) is 12.3. The Bertz CT molecular complexity index is 380. The minimum atomic E-state index is -0.837. The van der Waals surface area contributed by atoms with E-state index in [0.717, 1.165) is 25.6 Å². The maximum Gasteiger partial charge on any atom is 0.315 e. The van der Waals surface area contributed by atoms with Crippen LogP contribution in [0, 0.1) is 0 Å². The number of carboxylic acids is 1. The van der Waals surface area contributed by atoms with Crippen LogP contribution in [0.4, 0.5) is 4.79 Å². The Kier molecular flexibility index (Phi) is 4.52. The van der Waals surface area contributed by atoms with Crippen molar-refractivity contribution in [2.45, 2.75) is 63.6 Å². The minimum absolute atomic E-state index is 0.0617. The smallest absolute Gasteiger partial charge is 0.315 e. The number of nitrogens with one attached hydrogen (secondary N) is 2. The monoisotopic (exact) mass is 283 g/mol. The van der Waals surface area contributed by atoms with Crippen LogP contribution < -0.4 is 10.6 Å². The van der Waals surface area contributed by atoms with Crippen LogP contribution in [0.3, 0.4) is 0 Å². The Labute approximate surface area is 119 Å². The Morgan fingerprint density at radius 3 is 2.60 bits per heavy atom. The minimum Gasteiger partial charge on any atom is -0.481 e. The Hall–Kier alpha value is -1.30. The highest BCUT2D eigenvalue weighted by Crippen LogP contribution is 2.29. The van der Waals surface area contributed by atoms with Crippen molar-refractivity contribution in [1.82, 2.24) is 15.5 Å². The molecule has 2 fully saturated rings. The lowest BCUT2D eigenvalue weighted by atomic mass is 9.99. The summed E-state index contributed by atoms with van der Waals surface area (Å²) in [5.74, 6) is -0.837. The molecule has 0 spiro atoms. The van der Waals surface area contributed by atoms with Crippen molar-refractivity contribution < 1.29 is 14.7 Å². The second-order valence-corrected chi connectivity index (χ2v) is 6.59. The van der Waals surface area contributed by atoms with Crippen molar-refractivity contribution in [1.29, 1.82) is 0 Å². The van der Waals surface area contributed by atoms with Gasteiger partial charge in [0.1, 0.15) is 0 Å². The molecule has 2 aliphatic rings. The number of carboxylic acid groups (broad SMARTS) is 1. The largest absolute Gasteiger partial charge is 0.481 e. The van der Waals surface area contributed by atoms with Gasteiger partial charge < -0.3 is 15.7 Å². The van der Waals surface area contributed by atoms with Crippen LogP contribution in [-0.2, 0) is 4.79 Å². The van der Waals surface area contributed by atoms with E-state index in [4.69, 9.17) is 5.11 Å². The van der Waals surface area contributed by atoms with Gasteiger partial charge in [-0.3, -0.25) is 9.69 Å². The second-order valence-electron chi connectivity index (χ2n) is 6.59. The summed E-state index contributed by atoms with van der Waals surface area (Å²) >= 11 is 0. The van der Waals surface area contributed by atoms with Crippen molar-refractivity contribution in [3.05, 3.63) is 0 Å². The lowest BCUT2D eigenvalue weighted by molar-refractivity contribution is -0.137. The number of carbonyl (C=O) groups is 2. The molecule has 2 amide bonds. The zero-order chi connectivity index (χ0) is 14.8. The van der Waals surface area contributed by atoms with E-state index in [0.29, 0.717) is 6.42 Å². The number of amides is 2. The van der Waals surface area contributed by atoms with Gasteiger partial charge in [-0.25, -0.2) is 4.79 Å². The quantitative estimate of drug-likeness (QED) is 0.683. The van der Waals surface area contributed by atoms with Crippen LogP contribution in [0.15, 0.2) is 0 Å². The van der Waals surface area contributed by atoms with Gasteiger partial charge in [-0.2, -0.15) is 0 Å². The van der Waals surface area contributed by atoms with E-state index in [9.17, 15) is 9.59 Å². The third kappa shape index (κ3) is 4.67. The molecule has 1 aliphatic heterocycles. The molecule has 1 unspecified atom stereocenters. The van der Waals surface area contributed by atoms with Crippen LogP contribution in [0.1, 0.15) is 46.0 Å². The van der Waals surface area contributed by atoms with Gasteiger partial charge in [0.2, 0.25) is 0 Å². The van der Waals surface area contributed by atoms with Crippen LogP contribution in [0.25, 0.3) is 0 Å². The summed E-state index contributed by atoms with van der Waals surface area (Å²) in [6, 6.07) is 0.769.